The highest BCUT2D eigenvalue weighted by atomic mass is 32.1. The van der Waals surface area contributed by atoms with E-state index in [4.69, 9.17) is 21.7 Å². The van der Waals surface area contributed by atoms with Crippen LogP contribution in [-0.2, 0) is 6.42 Å². The van der Waals surface area contributed by atoms with Gasteiger partial charge in [-0.3, -0.25) is 0 Å². The van der Waals surface area contributed by atoms with Crippen molar-refractivity contribution < 1.29 is 9.47 Å². The molecule has 126 valence electrons. The van der Waals surface area contributed by atoms with Gasteiger partial charge in [-0.25, -0.2) is 0 Å². The van der Waals surface area contributed by atoms with Gasteiger partial charge in [0.2, 0.25) is 0 Å². The van der Waals surface area contributed by atoms with Crippen LogP contribution in [0.25, 0.3) is 0 Å². The zero-order valence-electron chi connectivity index (χ0n) is 14.0. The summed E-state index contributed by atoms with van der Waals surface area (Å²) < 4.78 is 11.7. The van der Waals surface area contributed by atoms with E-state index in [9.17, 15) is 0 Å². The lowest BCUT2D eigenvalue weighted by atomic mass is 10.1. The molecule has 0 bridgehead atoms. The zero-order chi connectivity index (χ0) is 16.9. The number of nitrogens with one attached hydrogen (secondary N) is 1. The number of thiocarbonyl (C=S) groups is 1. The molecule has 0 unspecified atom stereocenters. The van der Waals surface area contributed by atoms with E-state index in [1.165, 1.54) is 5.56 Å². The molecule has 1 atom stereocenters. The molecule has 1 aliphatic heterocycles. The second kappa shape index (κ2) is 7.53. The molecule has 5 heteroatoms. The number of anilines is 1. The molecule has 2 aromatic rings. The van der Waals surface area contributed by atoms with Gasteiger partial charge in [0.05, 0.1) is 6.54 Å². The predicted molar refractivity (Wildman–Crippen MR) is 101 cm³/mol. The number of hydrogen-bond donors (Lipinski definition) is 1. The Morgan fingerprint density at radius 3 is 2.58 bits per heavy atom. The van der Waals surface area contributed by atoms with Gasteiger partial charge < -0.3 is 19.7 Å². The largest absolute Gasteiger partial charge is 0.486 e. The van der Waals surface area contributed by atoms with Crippen LogP contribution in [0.3, 0.4) is 0 Å². The first-order valence-electron chi connectivity index (χ1n) is 8.15. The molecular weight excluding hydrogens is 320 g/mol. The number of hydrogen-bond acceptors (Lipinski definition) is 3. The minimum Gasteiger partial charge on any atom is -0.486 e. The quantitative estimate of drug-likeness (QED) is 0.857. The summed E-state index contributed by atoms with van der Waals surface area (Å²) in [5, 5.41) is 3.93. The Morgan fingerprint density at radius 1 is 1.17 bits per heavy atom. The predicted octanol–water partition coefficient (Wildman–Crippen LogP) is 3.72. The van der Waals surface area contributed by atoms with E-state index in [2.05, 4.69) is 36.5 Å². The number of rotatable bonds is 4. The molecule has 2 aromatic carbocycles. The van der Waals surface area contributed by atoms with Gasteiger partial charge in [0.15, 0.2) is 22.7 Å². The SMILES string of the molecule is CCc1ccc(NC(=S)N(C)C[C@@H]2COc3ccccc3O2)cc1. The van der Waals surface area contributed by atoms with Crippen LogP contribution in [-0.4, -0.2) is 36.3 Å². The monoisotopic (exact) mass is 342 g/mol. The molecule has 0 saturated carbocycles. The first-order chi connectivity index (χ1) is 11.7. The standard InChI is InChI=1S/C19H22N2O2S/c1-3-14-8-10-15(11-9-14)20-19(24)21(2)12-16-13-22-17-6-4-5-7-18(17)23-16/h4-11,16H,3,12-13H2,1-2H3,(H,20,24)/t16-/m1/s1. The first kappa shape index (κ1) is 16.6. The van der Waals surface area contributed by atoms with Gasteiger partial charge in [-0.05, 0) is 48.5 Å². The average Bonchev–Trinajstić information content (AvgIpc) is 2.62. The highest BCUT2D eigenvalue weighted by molar-refractivity contribution is 7.80. The number of fused-ring (bicyclic) bond motifs is 1. The van der Waals surface area contributed by atoms with Gasteiger partial charge in [0, 0.05) is 12.7 Å². The fraction of sp³-hybridized carbons (Fsp3) is 0.316. The Hall–Kier alpha value is -2.27. The zero-order valence-corrected chi connectivity index (χ0v) is 14.8. The third-order valence-electron chi connectivity index (χ3n) is 4.01. The van der Waals surface area contributed by atoms with E-state index in [1.807, 2.05) is 36.2 Å². The Balaban J connectivity index is 1.54. The van der Waals surface area contributed by atoms with Crippen LogP contribution in [0.15, 0.2) is 48.5 Å². The van der Waals surface area contributed by atoms with Gasteiger partial charge in [-0.2, -0.15) is 0 Å². The molecular formula is C19H22N2O2S. The van der Waals surface area contributed by atoms with Crippen molar-refractivity contribution in [3.63, 3.8) is 0 Å². The maximum absolute atomic E-state index is 5.98. The third-order valence-corrected chi connectivity index (χ3v) is 4.42. The smallest absolute Gasteiger partial charge is 0.173 e. The Labute approximate surface area is 148 Å². The molecule has 0 spiro atoms. The topological polar surface area (TPSA) is 33.7 Å². The molecule has 0 aromatic heterocycles. The van der Waals surface area contributed by atoms with Gasteiger partial charge in [0.1, 0.15) is 6.61 Å². The van der Waals surface area contributed by atoms with Crippen molar-refractivity contribution in [1.29, 1.82) is 0 Å². The van der Waals surface area contributed by atoms with E-state index in [0.717, 1.165) is 23.6 Å². The Kier molecular flexibility index (Phi) is 5.20. The van der Waals surface area contributed by atoms with Crippen LogP contribution in [0, 0.1) is 0 Å². The molecule has 0 saturated heterocycles. The maximum atomic E-state index is 5.98. The summed E-state index contributed by atoms with van der Waals surface area (Å²) in [5.41, 5.74) is 2.31. The van der Waals surface area contributed by atoms with E-state index < -0.39 is 0 Å². The fourth-order valence-corrected chi connectivity index (χ4v) is 2.78. The van der Waals surface area contributed by atoms with Crippen molar-refractivity contribution in [3.8, 4) is 11.5 Å². The lowest BCUT2D eigenvalue weighted by Gasteiger charge is -2.30. The average molecular weight is 342 g/mol. The Bertz CT molecular complexity index is 703. The summed E-state index contributed by atoms with van der Waals surface area (Å²) >= 11 is 5.48. The number of likely N-dealkylation sites (N-methyl/N-ethyl adjacent to an activating group) is 1. The molecule has 0 fully saturated rings. The van der Waals surface area contributed by atoms with Gasteiger partial charge in [0.25, 0.3) is 0 Å². The summed E-state index contributed by atoms with van der Waals surface area (Å²) in [6, 6.07) is 16.1. The maximum Gasteiger partial charge on any atom is 0.173 e. The highest BCUT2D eigenvalue weighted by Crippen LogP contribution is 2.30. The van der Waals surface area contributed by atoms with Crippen molar-refractivity contribution in [2.75, 3.05) is 25.5 Å². The molecule has 0 radical (unpaired) electrons. The van der Waals surface area contributed by atoms with E-state index >= 15 is 0 Å². The van der Waals surface area contributed by atoms with Crippen LogP contribution < -0.4 is 14.8 Å². The van der Waals surface area contributed by atoms with Crippen LogP contribution in [0.4, 0.5) is 5.69 Å². The van der Waals surface area contributed by atoms with Crippen molar-refractivity contribution in [3.05, 3.63) is 54.1 Å². The van der Waals surface area contributed by atoms with Crippen molar-refractivity contribution >= 4 is 23.0 Å². The van der Waals surface area contributed by atoms with Gasteiger partial charge in [-0.15, -0.1) is 0 Å². The molecule has 1 aliphatic rings. The first-order valence-corrected chi connectivity index (χ1v) is 8.56. The van der Waals surface area contributed by atoms with Crippen molar-refractivity contribution in [2.24, 2.45) is 0 Å². The molecule has 0 amide bonds. The van der Waals surface area contributed by atoms with Gasteiger partial charge >= 0.3 is 0 Å². The number of ether oxygens (including phenoxy) is 2. The molecule has 0 aliphatic carbocycles. The van der Waals surface area contributed by atoms with E-state index in [1.54, 1.807) is 0 Å². The van der Waals surface area contributed by atoms with Gasteiger partial charge in [-0.1, -0.05) is 31.2 Å². The van der Waals surface area contributed by atoms with E-state index in [0.29, 0.717) is 18.3 Å². The minimum absolute atomic E-state index is 0.0490. The molecule has 24 heavy (non-hydrogen) atoms. The van der Waals surface area contributed by atoms with Crippen molar-refractivity contribution in [2.45, 2.75) is 19.4 Å². The summed E-state index contributed by atoms with van der Waals surface area (Å²) in [7, 11) is 1.96. The molecule has 3 rings (SSSR count). The number of benzene rings is 2. The molecule has 4 nitrogen and oxygen atoms in total. The van der Waals surface area contributed by atoms with Crippen LogP contribution in [0.1, 0.15) is 12.5 Å². The highest BCUT2D eigenvalue weighted by Gasteiger charge is 2.22. The number of nitrogens with zero attached hydrogens (tertiary/aromatic N) is 1. The lowest BCUT2D eigenvalue weighted by molar-refractivity contribution is 0.0784. The second-order valence-electron chi connectivity index (χ2n) is 5.86. The summed E-state index contributed by atoms with van der Waals surface area (Å²) in [6.45, 7) is 3.33. The fourth-order valence-electron chi connectivity index (χ4n) is 2.58. The number of para-hydroxylation sites is 2. The molecule has 1 N–H and O–H groups in total. The van der Waals surface area contributed by atoms with Crippen LogP contribution >= 0.6 is 12.2 Å². The summed E-state index contributed by atoms with van der Waals surface area (Å²) in [6.07, 6.45) is 0.984. The minimum atomic E-state index is -0.0490. The second-order valence-corrected chi connectivity index (χ2v) is 6.25. The third kappa shape index (κ3) is 3.97. The van der Waals surface area contributed by atoms with Crippen LogP contribution in [0.2, 0.25) is 0 Å². The summed E-state index contributed by atoms with van der Waals surface area (Å²) in [4.78, 5) is 1.98. The molecule has 1 heterocycles. The van der Waals surface area contributed by atoms with E-state index in [-0.39, 0.29) is 6.10 Å². The number of aryl methyl sites for hydroxylation is 1. The Morgan fingerprint density at radius 2 is 1.88 bits per heavy atom. The normalized spacial score (nSPS) is 15.7. The summed E-state index contributed by atoms with van der Waals surface area (Å²) in [5.74, 6) is 1.59. The van der Waals surface area contributed by atoms with Crippen LogP contribution in [0.5, 0.6) is 11.5 Å². The van der Waals surface area contributed by atoms with Crippen molar-refractivity contribution in [1.82, 2.24) is 4.90 Å². The lowest BCUT2D eigenvalue weighted by Crippen LogP contribution is -2.43.